The molecule has 0 spiro atoms. The zero-order chi connectivity index (χ0) is 14.5. The van der Waals surface area contributed by atoms with Crippen molar-refractivity contribution in [1.29, 1.82) is 0 Å². The van der Waals surface area contributed by atoms with E-state index in [1.54, 1.807) is 0 Å². The fourth-order valence-corrected chi connectivity index (χ4v) is 1.55. The largest absolute Gasteiger partial charge is 0.480 e. The van der Waals surface area contributed by atoms with Gasteiger partial charge in [0.15, 0.2) is 0 Å². The minimum atomic E-state index is -1.03. The maximum atomic E-state index is 11.7. The normalized spacial score (nSPS) is 14.4. The number of nitrogens with one attached hydrogen (secondary N) is 2. The number of carbonyl (C=O) groups is 3. The van der Waals surface area contributed by atoms with Crippen molar-refractivity contribution in [2.75, 3.05) is 0 Å². The van der Waals surface area contributed by atoms with Crippen molar-refractivity contribution in [2.24, 2.45) is 5.10 Å². The van der Waals surface area contributed by atoms with Crippen LogP contribution in [0, 0.1) is 0 Å². The van der Waals surface area contributed by atoms with Crippen molar-refractivity contribution in [3.05, 3.63) is 11.9 Å². The molecule has 2 rings (SSSR count). The third kappa shape index (κ3) is 3.60. The molecule has 1 aromatic heterocycles. The molecule has 0 unspecified atom stereocenters. The lowest BCUT2D eigenvalue weighted by Gasteiger charge is -2.11. The summed E-state index contributed by atoms with van der Waals surface area (Å²) in [6.07, 6.45) is 1.93. The Balaban J connectivity index is 1.85. The number of aliphatic carboxylic acids is 1. The maximum absolute atomic E-state index is 11.7. The van der Waals surface area contributed by atoms with Crippen molar-refractivity contribution >= 4 is 23.5 Å². The van der Waals surface area contributed by atoms with Gasteiger partial charge in [-0.1, -0.05) is 5.21 Å². The maximum Gasteiger partial charge on any atom is 0.325 e. The Bertz CT molecular complexity index is 578. The van der Waals surface area contributed by atoms with Gasteiger partial charge in [-0.3, -0.25) is 14.4 Å². The van der Waals surface area contributed by atoms with Gasteiger partial charge < -0.3 is 10.4 Å². The SMILES string of the molecule is O=C(O)Cn1cc(CNC(=O)C2=NNC(=O)CC2)nn1. The first kappa shape index (κ1) is 13.6. The number of amides is 2. The minimum absolute atomic E-state index is 0.103. The summed E-state index contributed by atoms with van der Waals surface area (Å²) in [6.45, 7) is -0.189. The lowest BCUT2D eigenvalue weighted by atomic mass is 10.1. The van der Waals surface area contributed by atoms with Crippen molar-refractivity contribution in [3.8, 4) is 0 Å². The summed E-state index contributed by atoms with van der Waals surface area (Å²) < 4.78 is 1.15. The van der Waals surface area contributed by atoms with Crippen LogP contribution in [-0.2, 0) is 27.5 Å². The molecule has 1 aliphatic rings. The molecule has 20 heavy (non-hydrogen) atoms. The molecule has 0 fully saturated rings. The standard InChI is InChI=1S/C10H12N6O4/c17-8-2-1-7(13-14-8)10(20)11-3-6-4-16(15-12-6)5-9(18)19/h4H,1-3,5H2,(H,11,20)(H,14,17)(H,18,19). The summed E-state index contributed by atoms with van der Waals surface area (Å²) in [5.74, 6) is -1.66. The summed E-state index contributed by atoms with van der Waals surface area (Å²) in [6, 6.07) is 0. The van der Waals surface area contributed by atoms with E-state index in [2.05, 4.69) is 26.2 Å². The van der Waals surface area contributed by atoms with E-state index in [0.717, 1.165) is 4.68 Å². The molecule has 0 bridgehead atoms. The molecule has 10 nitrogen and oxygen atoms in total. The van der Waals surface area contributed by atoms with Crippen molar-refractivity contribution in [3.63, 3.8) is 0 Å². The fraction of sp³-hybridized carbons (Fsp3) is 0.400. The van der Waals surface area contributed by atoms with Gasteiger partial charge >= 0.3 is 5.97 Å². The van der Waals surface area contributed by atoms with Gasteiger partial charge in [-0.15, -0.1) is 5.10 Å². The Labute approximate surface area is 112 Å². The van der Waals surface area contributed by atoms with Crippen molar-refractivity contribution < 1.29 is 19.5 Å². The quantitative estimate of drug-likeness (QED) is 0.584. The van der Waals surface area contributed by atoms with Gasteiger partial charge in [-0.25, -0.2) is 10.1 Å². The summed E-state index contributed by atoms with van der Waals surface area (Å²) in [4.78, 5) is 33.1. The highest BCUT2D eigenvalue weighted by atomic mass is 16.4. The second-order valence-corrected chi connectivity index (χ2v) is 4.08. The lowest BCUT2D eigenvalue weighted by molar-refractivity contribution is -0.138. The molecule has 3 N–H and O–H groups in total. The topological polar surface area (TPSA) is 139 Å². The molecule has 0 atom stereocenters. The molecule has 0 aliphatic carbocycles. The highest BCUT2D eigenvalue weighted by Gasteiger charge is 2.18. The number of hydrazone groups is 1. The predicted molar refractivity (Wildman–Crippen MR) is 64.3 cm³/mol. The van der Waals surface area contributed by atoms with Crippen molar-refractivity contribution in [1.82, 2.24) is 25.7 Å². The van der Waals surface area contributed by atoms with Crippen LogP contribution >= 0.6 is 0 Å². The highest BCUT2D eigenvalue weighted by Crippen LogP contribution is 2.00. The number of rotatable bonds is 5. The average Bonchev–Trinajstić information content (AvgIpc) is 2.83. The molecule has 1 aliphatic heterocycles. The van der Waals surface area contributed by atoms with E-state index >= 15 is 0 Å². The number of carboxylic acid groups (broad SMARTS) is 1. The fourth-order valence-electron chi connectivity index (χ4n) is 1.55. The van der Waals surface area contributed by atoms with Crippen LogP contribution < -0.4 is 10.7 Å². The van der Waals surface area contributed by atoms with Crippen LogP contribution in [0.1, 0.15) is 18.5 Å². The lowest BCUT2D eigenvalue weighted by Crippen LogP contribution is -2.36. The minimum Gasteiger partial charge on any atom is -0.480 e. The van der Waals surface area contributed by atoms with E-state index in [4.69, 9.17) is 5.11 Å². The number of hydrogen-bond acceptors (Lipinski definition) is 6. The summed E-state index contributed by atoms with van der Waals surface area (Å²) in [5, 5.41) is 22.1. The number of hydrogen-bond donors (Lipinski definition) is 3. The van der Waals surface area contributed by atoms with Crippen LogP contribution in [0.4, 0.5) is 0 Å². The van der Waals surface area contributed by atoms with Crippen LogP contribution in [0.3, 0.4) is 0 Å². The first-order valence-electron chi connectivity index (χ1n) is 5.79. The van der Waals surface area contributed by atoms with Gasteiger partial charge in [-0.2, -0.15) is 5.10 Å². The highest BCUT2D eigenvalue weighted by molar-refractivity contribution is 6.39. The van der Waals surface area contributed by atoms with Crippen molar-refractivity contribution in [2.45, 2.75) is 25.9 Å². The first-order valence-corrected chi connectivity index (χ1v) is 5.79. The Kier molecular flexibility index (Phi) is 4.03. The van der Waals surface area contributed by atoms with E-state index in [-0.39, 0.29) is 37.6 Å². The second-order valence-electron chi connectivity index (χ2n) is 4.08. The third-order valence-electron chi connectivity index (χ3n) is 2.48. The molecular weight excluding hydrogens is 268 g/mol. The molecule has 0 aromatic carbocycles. The van der Waals surface area contributed by atoms with Gasteiger partial charge in [0, 0.05) is 12.8 Å². The molecule has 1 aromatic rings. The number of nitrogens with zero attached hydrogens (tertiary/aromatic N) is 4. The number of carboxylic acids is 1. The van der Waals surface area contributed by atoms with Gasteiger partial charge in [0.25, 0.3) is 5.91 Å². The summed E-state index contributed by atoms with van der Waals surface area (Å²) in [5.41, 5.74) is 2.90. The van der Waals surface area contributed by atoms with Crippen LogP contribution in [0.25, 0.3) is 0 Å². The Hall–Kier alpha value is -2.78. The molecule has 2 amide bonds. The number of aromatic nitrogens is 3. The van der Waals surface area contributed by atoms with Crippen LogP contribution in [0.5, 0.6) is 0 Å². The molecular formula is C10H12N6O4. The summed E-state index contributed by atoms with van der Waals surface area (Å²) >= 11 is 0. The third-order valence-corrected chi connectivity index (χ3v) is 2.48. The zero-order valence-corrected chi connectivity index (χ0v) is 10.4. The van der Waals surface area contributed by atoms with E-state index in [1.165, 1.54) is 6.20 Å². The van der Waals surface area contributed by atoms with Gasteiger partial charge in [0.05, 0.1) is 12.7 Å². The van der Waals surface area contributed by atoms with Gasteiger partial charge in [0.1, 0.15) is 18.0 Å². The molecule has 10 heteroatoms. The average molecular weight is 280 g/mol. The molecule has 106 valence electrons. The van der Waals surface area contributed by atoms with E-state index in [9.17, 15) is 14.4 Å². The Morgan fingerprint density at radius 1 is 1.45 bits per heavy atom. The Morgan fingerprint density at radius 3 is 2.90 bits per heavy atom. The Morgan fingerprint density at radius 2 is 2.25 bits per heavy atom. The zero-order valence-electron chi connectivity index (χ0n) is 10.4. The van der Waals surface area contributed by atoms with Crippen LogP contribution in [-0.4, -0.2) is 43.6 Å². The smallest absolute Gasteiger partial charge is 0.325 e. The van der Waals surface area contributed by atoms with E-state index in [1.807, 2.05) is 0 Å². The van der Waals surface area contributed by atoms with Gasteiger partial charge in [0.2, 0.25) is 5.91 Å². The molecule has 0 saturated heterocycles. The molecule has 0 saturated carbocycles. The number of carbonyl (C=O) groups excluding carboxylic acids is 2. The van der Waals surface area contributed by atoms with Gasteiger partial charge in [-0.05, 0) is 0 Å². The monoisotopic (exact) mass is 280 g/mol. The predicted octanol–water partition coefficient (Wildman–Crippen LogP) is -1.76. The second kappa shape index (κ2) is 5.91. The first-order chi connectivity index (χ1) is 9.54. The van der Waals surface area contributed by atoms with E-state index < -0.39 is 11.9 Å². The molecule has 2 heterocycles. The van der Waals surface area contributed by atoms with Crippen LogP contribution in [0.15, 0.2) is 11.3 Å². The molecule has 0 radical (unpaired) electrons. The summed E-state index contributed by atoms with van der Waals surface area (Å²) in [7, 11) is 0. The van der Waals surface area contributed by atoms with Crippen LogP contribution in [0.2, 0.25) is 0 Å². The van der Waals surface area contributed by atoms with E-state index in [0.29, 0.717) is 5.69 Å².